The molecule has 1 rings (SSSR count). The number of nitrogens with one attached hydrogen (secondary N) is 1. The number of nitro groups is 1. The van der Waals surface area contributed by atoms with Crippen LogP contribution in [0.4, 0.5) is 5.69 Å². The van der Waals surface area contributed by atoms with E-state index in [1.54, 1.807) is 6.07 Å². The molecule has 0 aliphatic carbocycles. The Hall–Kier alpha value is -2.47. The van der Waals surface area contributed by atoms with Gasteiger partial charge >= 0.3 is 5.69 Å². The second-order valence-corrected chi connectivity index (χ2v) is 4.75. The number of hydrogen-bond acceptors (Lipinski definition) is 6. The van der Waals surface area contributed by atoms with Crippen molar-refractivity contribution < 1.29 is 19.2 Å². The van der Waals surface area contributed by atoms with Crippen LogP contribution in [0.15, 0.2) is 16.6 Å². The molecule has 0 aliphatic heterocycles. The second kappa shape index (κ2) is 7.35. The van der Waals surface area contributed by atoms with Gasteiger partial charge in [0, 0.05) is 10.5 Å². The summed E-state index contributed by atoms with van der Waals surface area (Å²) in [4.78, 5) is 33.2. The van der Waals surface area contributed by atoms with Gasteiger partial charge in [0.05, 0.1) is 16.6 Å². The average molecular weight is 356 g/mol. The van der Waals surface area contributed by atoms with Crippen LogP contribution < -0.4 is 10.1 Å². The van der Waals surface area contributed by atoms with E-state index in [2.05, 4.69) is 21.2 Å². The Kier molecular flexibility index (Phi) is 5.80. The molecule has 21 heavy (non-hydrogen) atoms. The first kappa shape index (κ1) is 16.6. The van der Waals surface area contributed by atoms with Crippen LogP contribution >= 0.6 is 15.9 Å². The molecule has 0 atom stereocenters. The van der Waals surface area contributed by atoms with Gasteiger partial charge in [0.1, 0.15) is 6.54 Å². The SMILES string of the molecule is CC(=O)c1cc(Br)cc([N+](=O)[O-])c1OCC(=O)NCC#N. The van der Waals surface area contributed by atoms with Crippen molar-refractivity contribution in [2.75, 3.05) is 13.2 Å². The minimum Gasteiger partial charge on any atom is -0.476 e. The number of ether oxygens (including phenoxy) is 1. The molecule has 9 heteroatoms. The van der Waals surface area contributed by atoms with Gasteiger partial charge in [-0.2, -0.15) is 5.26 Å². The Labute approximate surface area is 128 Å². The Balaban J connectivity index is 3.09. The van der Waals surface area contributed by atoms with Crippen molar-refractivity contribution in [1.29, 1.82) is 5.26 Å². The van der Waals surface area contributed by atoms with E-state index in [-0.39, 0.29) is 17.9 Å². The lowest BCUT2D eigenvalue weighted by Crippen LogP contribution is -2.29. The van der Waals surface area contributed by atoms with E-state index in [1.165, 1.54) is 19.1 Å². The van der Waals surface area contributed by atoms with Crippen molar-refractivity contribution >= 4 is 33.3 Å². The van der Waals surface area contributed by atoms with Crippen molar-refractivity contribution in [2.24, 2.45) is 0 Å². The Morgan fingerprint density at radius 1 is 1.52 bits per heavy atom. The van der Waals surface area contributed by atoms with Gasteiger partial charge in [-0.3, -0.25) is 19.7 Å². The van der Waals surface area contributed by atoms with Crippen LogP contribution in [0.25, 0.3) is 0 Å². The number of nitro benzene ring substituents is 1. The molecule has 0 aromatic heterocycles. The third-order valence-corrected chi connectivity index (χ3v) is 2.78. The lowest BCUT2D eigenvalue weighted by atomic mass is 10.1. The molecule has 1 N–H and O–H groups in total. The van der Waals surface area contributed by atoms with E-state index in [1.807, 2.05) is 0 Å². The van der Waals surface area contributed by atoms with Crippen LogP contribution in [0.2, 0.25) is 0 Å². The van der Waals surface area contributed by atoms with Crippen molar-refractivity contribution in [1.82, 2.24) is 5.32 Å². The molecule has 110 valence electrons. The summed E-state index contributed by atoms with van der Waals surface area (Å²) in [5, 5.41) is 21.6. The first-order chi connectivity index (χ1) is 9.86. The summed E-state index contributed by atoms with van der Waals surface area (Å²) in [7, 11) is 0. The summed E-state index contributed by atoms with van der Waals surface area (Å²) in [6, 6.07) is 4.26. The number of carbonyl (C=O) groups excluding carboxylic acids is 2. The highest BCUT2D eigenvalue weighted by Gasteiger charge is 2.23. The quantitative estimate of drug-likeness (QED) is 0.357. The van der Waals surface area contributed by atoms with Crippen LogP contribution in [0, 0.1) is 21.4 Å². The van der Waals surface area contributed by atoms with Gasteiger partial charge in [-0.05, 0) is 13.0 Å². The fourth-order valence-electron chi connectivity index (χ4n) is 1.45. The number of Topliss-reactive ketones (excluding diaryl/α,β-unsaturated/α-hetero) is 1. The molecular formula is C12H10BrN3O5. The molecule has 1 aromatic rings. The minimum absolute atomic E-state index is 0.0100. The third kappa shape index (κ3) is 4.54. The van der Waals surface area contributed by atoms with Crippen molar-refractivity contribution in [2.45, 2.75) is 6.92 Å². The summed E-state index contributed by atoms with van der Waals surface area (Å²) < 4.78 is 5.45. The van der Waals surface area contributed by atoms with E-state index < -0.39 is 28.9 Å². The predicted octanol–water partition coefficient (Wildman–Crippen LogP) is 1.58. The highest BCUT2D eigenvalue weighted by atomic mass is 79.9. The number of amides is 1. The second-order valence-electron chi connectivity index (χ2n) is 3.84. The fraction of sp³-hybridized carbons (Fsp3) is 0.250. The number of nitrogens with zero attached hydrogens (tertiary/aromatic N) is 2. The monoisotopic (exact) mass is 355 g/mol. The predicted molar refractivity (Wildman–Crippen MR) is 74.9 cm³/mol. The van der Waals surface area contributed by atoms with Crippen molar-refractivity contribution in [3.63, 3.8) is 0 Å². The molecule has 0 unspecified atom stereocenters. The fourth-order valence-corrected chi connectivity index (χ4v) is 1.90. The molecule has 1 amide bonds. The Bertz CT molecular complexity index is 603. The molecular weight excluding hydrogens is 346 g/mol. The number of carbonyl (C=O) groups is 2. The lowest BCUT2D eigenvalue weighted by Gasteiger charge is -2.10. The van der Waals surface area contributed by atoms with E-state index in [4.69, 9.17) is 10.00 Å². The van der Waals surface area contributed by atoms with Gasteiger partial charge in [-0.25, -0.2) is 0 Å². The smallest absolute Gasteiger partial charge is 0.312 e. The maximum absolute atomic E-state index is 11.5. The van der Waals surface area contributed by atoms with E-state index >= 15 is 0 Å². The summed E-state index contributed by atoms with van der Waals surface area (Å²) in [5.41, 5.74) is -0.438. The van der Waals surface area contributed by atoms with Crippen molar-refractivity contribution in [3.05, 3.63) is 32.3 Å². The topological polar surface area (TPSA) is 122 Å². The number of rotatable bonds is 6. The minimum atomic E-state index is -0.709. The number of ketones is 1. The lowest BCUT2D eigenvalue weighted by molar-refractivity contribution is -0.385. The summed E-state index contributed by atoms with van der Waals surface area (Å²) in [6.07, 6.45) is 0. The molecule has 0 spiro atoms. The average Bonchev–Trinajstić information content (AvgIpc) is 2.42. The standard InChI is InChI=1S/C12H10BrN3O5/c1-7(17)9-4-8(13)5-10(16(19)20)12(9)21-6-11(18)15-3-2-14/h4-5H,3,6H2,1H3,(H,15,18). The van der Waals surface area contributed by atoms with E-state index in [0.29, 0.717) is 4.47 Å². The van der Waals surface area contributed by atoms with Gasteiger partial charge < -0.3 is 10.1 Å². The Morgan fingerprint density at radius 3 is 2.71 bits per heavy atom. The van der Waals surface area contributed by atoms with Gasteiger partial charge in [0.15, 0.2) is 12.4 Å². The molecule has 0 saturated carbocycles. The van der Waals surface area contributed by atoms with Gasteiger partial charge in [0.25, 0.3) is 5.91 Å². The van der Waals surface area contributed by atoms with Crippen LogP contribution in [-0.2, 0) is 4.79 Å². The molecule has 0 radical (unpaired) electrons. The first-order valence-corrected chi connectivity index (χ1v) is 6.41. The zero-order valence-electron chi connectivity index (χ0n) is 10.9. The zero-order chi connectivity index (χ0) is 16.0. The maximum atomic E-state index is 11.5. The molecule has 8 nitrogen and oxygen atoms in total. The molecule has 0 saturated heterocycles. The number of halogens is 1. The third-order valence-electron chi connectivity index (χ3n) is 2.32. The Morgan fingerprint density at radius 2 is 2.19 bits per heavy atom. The molecule has 0 bridgehead atoms. The maximum Gasteiger partial charge on any atom is 0.312 e. The zero-order valence-corrected chi connectivity index (χ0v) is 12.5. The molecule has 0 heterocycles. The number of nitriles is 1. The van der Waals surface area contributed by atoms with Gasteiger partial charge in [-0.1, -0.05) is 15.9 Å². The van der Waals surface area contributed by atoms with Crippen LogP contribution in [0.1, 0.15) is 17.3 Å². The van der Waals surface area contributed by atoms with Crippen LogP contribution in [-0.4, -0.2) is 29.8 Å². The van der Waals surface area contributed by atoms with Crippen LogP contribution in [0.5, 0.6) is 5.75 Å². The summed E-state index contributed by atoms with van der Waals surface area (Å²) in [6.45, 7) is 0.489. The number of benzene rings is 1. The number of hydrogen-bond donors (Lipinski definition) is 1. The van der Waals surface area contributed by atoms with E-state index in [9.17, 15) is 19.7 Å². The molecule has 0 aliphatic rings. The van der Waals surface area contributed by atoms with Gasteiger partial charge in [-0.15, -0.1) is 0 Å². The van der Waals surface area contributed by atoms with E-state index in [0.717, 1.165) is 0 Å². The largest absolute Gasteiger partial charge is 0.476 e. The van der Waals surface area contributed by atoms with Crippen molar-refractivity contribution in [3.8, 4) is 11.8 Å². The summed E-state index contributed by atoms with van der Waals surface area (Å²) in [5.74, 6) is -1.34. The highest BCUT2D eigenvalue weighted by Crippen LogP contribution is 2.34. The van der Waals surface area contributed by atoms with Gasteiger partial charge in [0.2, 0.25) is 5.75 Å². The molecule has 1 aromatic carbocycles. The molecule has 0 fully saturated rings. The first-order valence-electron chi connectivity index (χ1n) is 5.62. The van der Waals surface area contributed by atoms with Crippen LogP contribution in [0.3, 0.4) is 0 Å². The normalized spacial score (nSPS) is 9.57. The highest BCUT2D eigenvalue weighted by molar-refractivity contribution is 9.10. The summed E-state index contributed by atoms with van der Waals surface area (Å²) >= 11 is 3.07.